The summed E-state index contributed by atoms with van der Waals surface area (Å²) < 4.78 is 18.5. The van der Waals surface area contributed by atoms with Crippen molar-refractivity contribution in [3.8, 4) is 0 Å². The Hall–Kier alpha value is -1.32. The molecule has 0 aliphatic rings. The van der Waals surface area contributed by atoms with Gasteiger partial charge >= 0.3 is 0 Å². The van der Waals surface area contributed by atoms with Crippen LogP contribution in [0, 0.1) is 5.82 Å². The Morgan fingerprint density at radius 1 is 1.35 bits per heavy atom. The van der Waals surface area contributed by atoms with Gasteiger partial charge in [0.05, 0.1) is 12.3 Å². The van der Waals surface area contributed by atoms with E-state index >= 15 is 0 Å². The quantitative estimate of drug-likeness (QED) is 0.906. The van der Waals surface area contributed by atoms with E-state index < -0.39 is 6.04 Å². The predicted molar refractivity (Wildman–Crippen MR) is 65.5 cm³/mol. The smallest absolute Gasteiger partial charge is 0.123 e. The molecule has 0 aliphatic heterocycles. The minimum Gasteiger partial charge on any atom is -0.469 e. The second-order valence-corrected chi connectivity index (χ2v) is 4.20. The highest BCUT2D eigenvalue weighted by atomic mass is 35.5. The first-order valence-electron chi connectivity index (χ1n) is 5.40. The molecule has 2 nitrogen and oxygen atoms in total. The Morgan fingerprint density at radius 2 is 2.12 bits per heavy atom. The average Bonchev–Trinajstić information content (AvgIpc) is 2.79. The molecule has 90 valence electrons. The van der Waals surface area contributed by atoms with E-state index in [1.807, 2.05) is 6.92 Å². The van der Waals surface area contributed by atoms with Crippen LogP contribution in [0.2, 0.25) is 5.02 Å². The van der Waals surface area contributed by atoms with Crippen molar-refractivity contribution in [3.63, 3.8) is 0 Å². The van der Waals surface area contributed by atoms with E-state index in [-0.39, 0.29) is 5.82 Å². The number of aryl methyl sites for hydroxylation is 1. The maximum absolute atomic E-state index is 13.2. The third-order valence-corrected chi connectivity index (χ3v) is 3.07. The largest absolute Gasteiger partial charge is 0.469 e. The molecule has 1 heterocycles. The first kappa shape index (κ1) is 12.1. The molecule has 2 N–H and O–H groups in total. The zero-order valence-electron chi connectivity index (χ0n) is 9.41. The predicted octanol–water partition coefficient (Wildman–Crippen LogP) is 3.68. The molecule has 0 radical (unpaired) electrons. The van der Waals surface area contributed by atoms with Gasteiger partial charge < -0.3 is 10.2 Å². The fourth-order valence-electron chi connectivity index (χ4n) is 1.84. The van der Waals surface area contributed by atoms with E-state index in [9.17, 15) is 4.39 Å². The van der Waals surface area contributed by atoms with Gasteiger partial charge in [-0.15, -0.1) is 0 Å². The number of hydrogen-bond acceptors (Lipinski definition) is 2. The lowest BCUT2D eigenvalue weighted by Crippen LogP contribution is -2.13. The highest BCUT2D eigenvalue weighted by Crippen LogP contribution is 2.29. The number of hydrogen-bond donors (Lipinski definition) is 1. The molecular weight excluding hydrogens is 241 g/mol. The molecule has 1 unspecified atom stereocenters. The molecule has 0 amide bonds. The van der Waals surface area contributed by atoms with Crippen LogP contribution in [0.25, 0.3) is 0 Å². The molecule has 0 bridgehead atoms. The summed E-state index contributed by atoms with van der Waals surface area (Å²) in [5.74, 6) is 0.458. The van der Waals surface area contributed by atoms with Crippen molar-refractivity contribution in [1.82, 2.24) is 0 Å². The van der Waals surface area contributed by atoms with Crippen molar-refractivity contribution in [2.45, 2.75) is 19.4 Å². The van der Waals surface area contributed by atoms with Gasteiger partial charge in [-0.2, -0.15) is 0 Å². The standard InChI is InChI=1S/C13H13ClFNO/c1-2-12-9(5-6-17-12)13(16)10-7-8(15)3-4-11(10)14/h3-7,13H,2,16H2,1H3. The summed E-state index contributed by atoms with van der Waals surface area (Å²) in [5, 5.41) is 0.460. The Balaban J connectivity index is 2.43. The average molecular weight is 254 g/mol. The Labute approximate surface area is 104 Å². The third kappa shape index (κ3) is 2.35. The number of nitrogens with two attached hydrogens (primary N) is 1. The van der Waals surface area contributed by atoms with Crippen molar-refractivity contribution in [3.05, 3.63) is 58.3 Å². The number of halogens is 2. The lowest BCUT2D eigenvalue weighted by Gasteiger charge is -2.13. The summed E-state index contributed by atoms with van der Waals surface area (Å²) in [7, 11) is 0. The SMILES string of the molecule is CCc1occc1C(N)c1cc(F)ccc1Cl. The van der Waals surface area contributed by atoms with E-state index in [0.29, 0.717) is 10.6 Å². The second-order valence-electron chi connectivity index (χ2n) is 3.80. The Bertz CT molecular complexity index is 524. The van der Waals surface area contributed by atoms with Gasteiger partial charge in [-0.25, -0.2) is 4.39 Å². The minimum absolute atomic E-state index is 0.346. The third-order valence-electron chi connectivity index (χ3n) is 2.73. The van der Waals surface area contributed by atoms with Crippen molar-refractivity contribution < 1.29 is 8.81 Å². The Morgan fingerprint density at radius 3 is 2.82 bits per heavy atom. The summed E-state index contributed by atoms with van der Waals surface area (Å²) >= 11 is 6.03. The van der Waals surface area contributed by atoms with Crippen LogP contribution >= 0.6 is 11.6 Å². The van der Waals surface area contributed by atoms with E-state index in [2.05, 4.69) is 0 Å². The number of furan rings is 1. The van der Waals surface area contributed by atoms with Crippen LogP contribution in [0.4, 0.5) is 4.39 Å². The normalized spacial score (nSPS) is 12.7. The van der Waals surface area contributed by atoms with Gasteiger partial charge in [-0.3, -0.25) is 0 Å². The summed E-state index contributed by atoms with van der Waals surface area (Å²) in [4.78, 5) is 0. The molecule has 1 aromatic carbocycles. The molecule has 0 saturated heterocycles. The lowest BCUT2D eigenvalue weighted by molar-refractivity contribution is 0.509. The summed E-state index contributed by atoms with van der Waals surface area (Å²) in [6, 6.07) is 5.52. The molecule has 1 aromatic heterocycles. The fourth-order valence-corrected chi connectivity index (χ4v) is 2.07. The van der Waals surface area contributed by atoms with Crippen molar-refractivity contribution >= 4 is 11.6 Å². The number of rotatable bonds is 3. The molecule has 2 aromatic rings. The Kier molecular flexibility index (Phi) is 3.50. The first-order chi connectivity index (χ1) is 8.13. The van der Waals surface area contributed by atoms with Gasteiger partial charge in [0.1, 0.15) is 11.6 Å². The van der Waals surface area contributed by atoms with Crippen molar-refractivity contribution in [2.24, 2.45) is 5.73 Å². The van der Waals surface area contributed by atoms with Crippen LogP contribution in [0.3, 0.4) is 0 Å². The van der Waals surface area contributed by atoms with Gasteiger partial charge in [-0.1, -0.05) is 18.5 Å². The van der Waals surface area contributed by atoms with Gasteiger partial charge in [0.15, 0.2) is 0 Å². The highest BCUT2D eigenvalue weighted by molar-refractivity contribution is 6.31. The molecule has 2 rings (SSSR count). The second kappa shape index (κ2) is 4.90. The van der Waals surface area contributed by atoms with E-state index in [4.69, 9.17) is 21.8 Å². The zero-order chi connectivity index (χ0) is 12.4. The number of benzene rings is 1. The van der Waals surface area contributed by atoms with Gasteiger partial charge in [-0.05, 0) is 29.8 Å². The van der Waals surface area contributed by atoms with Crippen LogP contribution in [0.5, 0.6) is 0 Å². The van der Waals surface area contributed by atoms with Gasteiger partial charge in [0.2, 0.25) is 0 Å². The zero-order valence-corrected chi connectivity index (χ0v) is 10.2. The molecular formula is C13H13ClFNO. The molecule has 0 fully saturated rings. The van der Waals surface area contributed by atoms with E-state index in [0.717, 1.165) is 17.7 Å². The van der Waals surface area contributed by atoms with Crippen molar-refractivity contribution in [2.75, 3.05) is 0 Å². The van der Waals surface area contributed by atoms with E-state index in [1.165, 1.54) is 18.2 Å². The first-order valence-corrected chi connectivity index (χ1v) is 5.78. The van der Waals surface area contributed by atoms with Crippen LogP contribution in [0.15, 0.2) is 34.9 Å². The van der Waals surface area contributed by atoms with Crippen LogP contribution < -0.4 is 5.73 Å². The summed E-state index contributed by atoms with van der Waals surface area (Å²) in [6.45, 7) is 1.97. The molecule has 1 atom stereocenters. The van der Waals surface area contributed by atoms with Gasteiger partial charge in [0.25, 0.3) is 0 Å². The molecule has 4 heteroatoms. The molecule has 17 heavy (non-hydrogen) atoms. The molecule has 0 saturated carbocycles. The van der Waals surface area contributed by atoms with E-state index in [1.54, 1.807) is 12.3 Å². The van der Waals surface area contributed by atoms with Crippen LogP contribution in [-0.4, -0.2) is 0 Å². The molecule has 0 aliphatic carbocycles. The van der Waals surface area contributed by atoms with Crippen molar-refractivity contribution in [1.29, 1.82) is 0 Å². The topological polar surface area (TPSA) is 39.2 Å². The van der Waals surface area contributed by atoms with Crippen LogP contribution in [0.1, 0.15) is 29.9 Å². The van der Waals surface area contributed by atoms with Gasteiger partial charge in [0, 0.05) is 17.0 Å². The molecule has 0 spiro atoms. The fraction of sp³-hybridized carbons (Fsp3) is 0.231. The summed E-state index contributed by atoms with van der Waals surface area (Å²) in [5.41, 5.74) is 7.51. The van der Waals surface area contributed by atoms with Crippen LogP contribution in [-0.2, 0) is 6.42 Å². The lowest BCUT2D eigenvalue weighted by atomic mass is 9.99. The highest BCUT2D eigenvalue weighted by Gasteiger charge is 2.18. The minimum atomic E-state index is -0.466. The maximum Gasteiger partial charge on any atom is 0.123 e. The monoisotopic (exact) mass is 253 g/mol. The maximum atomic E-state index is 13.2. The summed E-state index contributed by atoms with van der Waals surface area (Å²) in [6.07, 6.45) is 2.32.